The Morgan fingerprint density at radius 1 is 1.27 bits per heavy atom. The van der Waals surface area contributed by atoms with E-state index in [4.69, 9.17) is 0 Å². The van der Waals surface area contributed by atoms with Crippen LogP contribution in [0.15, 0.2) is 24.3 Å². The van der Waals surface area contributed by atoms with Crippen molar-refractivity contribution in [1.82, 2.24) is 0 Å². The first kappa shape index (κ1) is 12.2. The fourth-order valence-electron chi connectivity index (χ4n) is 1.30. The molecule has 5 heteroatoms. The number of aryl methyl sites for hydroxylation is 1. The first-order valence-corrected chi connectivity index (χ1v) is 5.98. The van der Waals surface area contributed by atoms with Crippen LogP contribution in [0.2, 0.25) is 0 Å². The number of benzene rings is 1. The summed E-state index contributed by atoms with van der Waals surface area (Å²) in [6.45, 7) is 1.83. The lowest BCUT2D eigenvalue weighted by Crippen LogP contribution is -2.16. The topological polar surface area (TPSA) is 17.1 Å². The Balaban J connectivity index is 2.91. The van der Waals surface area contributed by atoms with Gasteiger partial charge in [0.25, 0.3) is 0 Å². The third-order valence-corrected chi connectivity index (χ3v) is 3.58. The molecule has 0 aliphatic carbocycles. The van der Waals surface area contributed by atoms with Crippen molar-refractivity contribution in [3.63, 3.8) is 0 Å². The van der Waals surface area contributed by atoms with Gasteiger partial charge in [-0.25, -0.2) is 0 Å². The lowest BCUT2D eigenvalue weighted by molar-refractivity contribution is -0.106. The third kappa shape index (κ3) is 3.63. The van der Waals surface area contributed by atoms with E-state index >= 15 is 0 Å². The van der Waals surface area contributed by atoms with Crippen molar-refractivity contribution in [3.05, 3.63) is 29.8 Å². The average Bonchev–Trinajstić information content (AvgIpc) is 2.15. The zero-order valence-electron chi connectivity index (χ0n) is 8.21. The molecule has 0 saturated heterocycles. The first-order valence-electron chi connectivity index (χ1n) is 4.53. The Morgan fingerprint density at radius 2 is 1.87 bits per heavy atom. The molecule has 0 N–H and O–H groups in total. The van der Waals surface area contributed by atoms with E-state index in [-0.39, 0.29) is 0 Å². The normalized spacial score (nSPS) is 12.7. The van der Waals surface area contributed by atoms with Crippen molar-refractivity contribution in [2.24, 2.45) is 0 Å². The molecule has 1 nitrogen and oxygen atoms in total. The molecule has 0 bridgehead atoms. The fourth-order valence-corrected chi connectivity index (χ4v) is 2.60. The molecule has 0 radical (unpaired) electrons. The van der Waals surface area contributed by atoms with Crippen LogP contribution in [-0.2, 0) is 11.0 Å². The van der Waals surface area contributed by atoms with Crippen LogP contribution >= 0.6 is 7.80 Å². The SMILES string of the molecule is CCc1ccccc1[P+](=O)CC(F)(F)F. The van der Waals surface area contributed by atoms with E-state index in [9.17, 15) is 17.7 Å². The van der Waals surface area contributed by atoms with Gasteiger partial charge in [0, 0.05) is 5.56 Å². The molecule has 15 heavy (non-hydrogen) atoms. The molecular weight excluding hydrogens is 224 g/mol. The van der Waals surface area contributed by atoms with Crippen LogP contribution in [0.25, 0.3) is 0 Å². The van der Waals surface area contributed by atoms with Gasteiger partial charge in [-0.3, -0.25) is 0 Å². The smallest absolute Gasteiger partial charge is 0.166 e. The predicted octanol–water partition coefficient (Wildman–Crippen LogP) is 3.26. The van der Waals surface area contributed by atoms with E-state index in [0.29, 0.717) is 11.7 Å². The molecule has 0 aliphatic heterocycles. The van der Waals surface area contributed by atoms with E-state index in [1.807, 2.05) is 6.92 Å². The highest BCUT2D eigenvalue weighted by Gasteiger charge is 2.40. The maximum absolute atomic E-state index is 12.0. The Hall–Kier alpha value is -0.890. The summed E-state index contributed by atoms with van der Waals surface area (Å²) in [5.74, 6) is 0. The highest BCUT2D eigenvalue weighted by Crippen LogP contribution is 2.31. The second kappa shape index (κ2) is 4.75. The van der Waals surface area contributed by atoms with Crippen LogP contribution in [0, 0.1) is 0 Å². The van der Waals surface area contributed by atoms with Gasteiger partial charge >= 0.3 is 14.0 Å². The Bertz CT molecular complexity index is 360. The summed E-state index contributed by atoms with van der Waals surface area (Å²) in [4.78, 5) is 0. The van der Waals surface area contributed by atoms with E-state index < -0.39 is 20.1 Å². The number of alkyl halides is 3. The van der Waals surface area contributed by atoms with Gasteiger partial charge in [0.15, 0.2) is 5.30 Å². The highest BCUT2D eigenvalue weighted by molar-refractivity contribution is 7.53. The van der Waals surface area contributed by atoms with E-state index in [1.165, 1.54) is 6.07 Å². The summed E-state index contributed by atoms with van der Waals surface area (Å²) < 4.78 is 47.6. The minimum Gasteiger partial charge on any atom is -0.166 e. The molecule has 1 atom stereocenters. The number of rotatable bonds is 3. The molecule has 1 unspecified atom stereocenters. The van der Waals surface area contributed by atoms with Crippen molar-refractivity contribution < 1.29 is 17.7 Å². The van der Waals surface area contributed by atoms with Crippen LogP contribution in [0.5, 0.6) is 0 Å². The summed E-state index contributed by atoms with van der Waals surface area (Å²) in [6, 6.07) is 6.55. The minimum atomic E-state index is -4.37. The van der Waals surface area contributed by atoms with Gasteiger partial charge in [0.2, 0.25) is 6.16 Å². The van der Waals surface area contributed by atoms with Crippen molar-refractivity contribution in [1.29, 1.82) is 0 Å². The quantitative estimate of drug-likeness (QED) is 0.735. The van der Waals surface area contributed by atoms with Crippen molar-refractivity contribution in [2.45, 2.75) is 19.5 Å². The molecule has 0 heterocycles. The van der Waals surface area contributed by atoms with Crippen LogP contribution in [0.4, 0.5) is 13.2 Å². The molecule has 0 fully saturated rings. The molecular formula is C10H11F3OP+. The van der Waals surface area contributed by atoms with E-state index in [2.05, 4.69) is 0 Å². The Kier molecular flexibility index (Phi) is 3.86. The summed E-state index contributed by atoms with van der Waals surface area (Å²) in [6.07, 6.45) is -5.01. The summed E-state index contributed by atoms with van der Waals surface area (Å²) in [5.41, 5.74) is 0.725. The second-order valence-electron chi connectivity index (χ2n) is 3.13. The minimum absolute atomic E-state index is 0.326. The van der Waals surface area contributed by atoms with Crippen molar-refractivity contribution in [2.75, 3.05) is 6.16 Å². The fraction of sp³-hybridized carbons (Fsp3) is 0.400. The van der Waals surface area contributed by atoms with Gasteiger partial charge in [-0.2, -0.15) is 13.2 Å². The van der Waals surface area contributed by atoms with Gasteiger partial charge in [0.05, 0.1) is 0 Å². The molecule has 0 aliphatic rings. The molecule has 1 aromatic carbocycles. The van der Waals surface area contributed by atoms with Crippen LogP contribution in [-0.4, -0.2) is 12.3 Å². The largest absolute Gasteiger partial charge is 0.432 e. The maximum atomic E-state index is 12.0. The van der Waals surface area contributed by atoms with Crippen LogP contribution in [0.1, 0.15) is 12.5 Å². The number of hydrogen-bond acceptors (Lipinski definition) is 1. The predicted molar refractivity (Wildman–Crippen MR) is 54.0 cm³/mol. The van der Waals surface area contributed by atoms with Crippen molar-refractivity contribution in [3.8, 4) is 0 Å². The summed E-state index contributed by atoms with van der Waals surface area (Å²) in [7, 11) is -2.37. The lowest BCUT2D eigenvalue weighted by atomic mass is 10.2. The van der Waals surface area contributed by atoms with Gasteiger partial charge in [-0.1, -0.05) is 29.7 Å². The Morgan fingerprint density at radius 3 is 2.40 bits per heavy atom. The molecule has 0 saturated carbocycles. The zero-order chi connectivity index (χ0) is 11.5. The molecule has 0 amide bonds. The van der Waals surface area contributed by atoms with E-state index in [0.717, 1.165) is 5.56 Å². The number of halogens is 3. The molecule has 82 valence electrons. The third-order valence-electron chi connectivity index (χ3n) is 1.96. The monoisotopic (exact) mass is 235 g/mol. The van der Waals surface area contributed by atoms with Gasteiger partial charge in [-0.05, 0) is 12.5 Å². The average molecular weight is 235 g/mol. The van der Waals surface area contributed by atoms with Gasteiger partial charge in [-0.15, -0.1) is 0 Å². The summed E-state index contributed by atoms with van der Waals surface area (Å²) in [5, 5.41) is 0.326. The second-order valence-corrected chi connectivity index (χ2v) is 4.69. The number of hydrogen-bond donors (Lipinski definition) is 0. The Labute approximate surface area is 87.1 Å². The molecule has 1 aromatic rings. The lowest BCUT2D eigenvalue weighted by Gasteiger charge is -2.00. The molecule has 0 spiro atoms. The van der Waals surface area contributed by atoms with Crippen LogP contribution in [0.3, 0.4) is 0 Å². The van der Waals surface area contributed by atoms with Gasteiger partial charge in [0.1, 0.15) is 0 Å². The first-order chi connectivity index (χ1) is 6.94. The highest BCUT2D eigenvalue weighted by atomic mass is 31.1. The van der Waals surface area contributed by atoms with E-state index in [1.54, 1.807) is 18.2 Å². The summed E-state index contributed by atoms with van der Waals surface area (Å²) >= 11 is 0. The van der Waals surface area contributed by atoms with Crippen molar-refractivity contribution >= 4 is 13.1 Å². The molecule has 0 aromatic heterocycles. The standard InChI is InChI=1S/C10H11F3OP/c1-2-8-5-3-4-6-9(8)15(14)7-10(11,12)13/h3-6H,2,7H2,1H3/q+1. The maximum Gasteiger partial charge on any atom is 0.432 e. The van der Waals surface area contributed by atoms with Gasteiger partial charge < -0.3 is 0 Å². The van der Waals surface area contributed by atoms with Crippen LogP contribution < -0.4 is 5.30 Å². The molecule has 1 rings (SSSR count). The zero-order valence-corrected chi connectivity index (χ0v) is 9.11.